The van der Waals surface area contributed by atoms with Crippen molar-refractivity contribution in [3.63, 3.8) is 0 Å². The lowest BCUT2D eigenvalue weighted by Crippen LogP contribution is -2.21. The number of hydrogen-bond donors (Lipinski definition) is 1. The molecule has 0 aromatic carbocycles. The van der Waals surface area contributed by atoms with Crippen molar-refractivity contribution in [1.29, 1.82) is 0 Å². The van der Waals surface area contributed by atoms with E-state index < -0.39 is 0 Å². The van der Waals surface area contributed by atoms with Gasteiger partial charge in [0.15, 0.2) is 0 Å². The highest BCUT2D eigenvalue weighted by Crippen LogP contribution is 2.20. The lowest BCUT2D eigenvalue weighted by atomic mass is 10.1. The maximum Gasteiger partial charge on any atom is 0.211 e. The fourth-order valence-electron chi connectivity index (χ4n) is 1.70. The summed E-state index contributed by atoms with van der Waals surface area (Å²) < 4.78 is 7.00. The fourth-order valence-corrected chi connectivity index (χ4v) is 1.70. The Balaban J connectivity index is 2.91. The van der Waals surface area contributed by atoms with Crippen molar-refractivity contribution in [3.05, 3.63) is 23.4 Å². The van der Waals surface area contributed by atoms with Gasteiger partial charge in [-0.25, -0.2) is 4.68 Å². The van der Waals surface area contributed by atoms with Crippen molar-refractivity contribution in [2.45, 2.75) is 33.2 Å². The number of ether oxygens (including phenoxy) is 1. The van der Waals surface area contributed by atoms with Gasteiger partial charge in [-0.05, 0) is 26.8 Å². The lowest BCUT2D eigenvalue weighted by molar-refractivity contribution is 0.373. The second kappa shape index (κ2) is 6.45. The molecule has 0 fully saturated rings. The highest BCUT2D eigenvalue weighted by atomic mass is 16.5. The largest absolute Gasteiger partial charge is 0.481 e. The Labute approximate surface area is 104 Å². The van der Waals surface area contributed by atoms with Crippen molar-refractivity contribution in [3.8, 4) is 5.88 Å². The molecule has 0 aliphatic carbocycles. The molecule has 0 amide bonds. The Morgan fingerprint density at radius 1 is 1.59 bits per heavy atom. The van der Waals surface area contributed by atoms with Crippen LogP contribution in [0.1, 0.15) is 38.9 Å². The number of nitrogens with zero attached hydrogens (tertiary/aromatic N) is 2. The number of hydrogen-bond acceptors (Lipinski definition) is 3. The average molecular weight is 237 g/mol. The fraction of sp³-hybridized carbons (Fsp3) is 0.615. The number of rotatable bonds is 6. The number of methoxy groups -OCH3 is 1. The number of allylic oxidation sites excluding steroid dienone is 1. The highest BCUT2D eigenvalue weighted by Gasteiger charge is 2.13. The second-order valence-electron chi connectivity index (χ2n) is 4.41. The number of aromatic nitrogens is 2. The van der Waals surface area contributed by atoms with E-state index in [9.17, 15) is 0 Å². The molecule has 1 aromatic heterocycles. The Hall–Kier alpha value is -1.29. The zero-order chi connectivity index (χ0) is 12.8. The Morgan fingerprint density at radius 2 is 2.29 bits per heavy atom. The van der Waals surface area contributed by atoms with Crippen molar-refractivity contribution in [2.24, 2.45) is 7.05 Å². The van der Waals surface area contributed by atoms with Gasteiger partial charge >= 0.3 is 0 Å². The monoisotopic (exact) mass is 237 g/mol. The zero-order valence-electron chi connectivity index (χ0n) is 11.4. The van der Waals surface area contributed by atoms with Crippen molar-refractivity contribution < 1.29 is 4.74 Å². The van der Waals surface area contributed by atoms with E-state index in [4.69, 9.17) is 4.74 Å². The predicted octanol–water partition coefficient (Wildman–Crippen LogP) is 2.44. The molecule has 1 rings (SSSR count). The summed E-state index contributed by atoms with van der Waals surface area (Å²) in [5.74, 6) is 0.783. The molecule has 4 nitrogen and oxygen atoms in total. The van der Waals surface area contributed by atoms with E-state index in [-0.39, 0.29) is 6.04 Å². The van der Waals surface area contributed by atoms with Gasteiger partial charge in [0.05, 0.1) is 18.8 Å². The van der Waals surface area contributed by atoms with E-state index in [2.05, 4.69) is 37.3 Å². The van der Waals surface area contributed by atoms with Gasteiger partial charge in [0.25, 0.3) is 0 Å². The summed E-state index contributed by atoms with van der Waals surface area (Å²) in [7, 11) is 3.55. The molecule has 0 bridgehead atoms. The van der Waals surface area contributed by atoms with Crippen LogP contribution in [-0.4, -0.2) is 23.4 Å². The predicted molar refractivity (Wildman–Crippen MR) is 70.2 cm³/mol. The Bertz CT molecular complexity index is 378. The lowest BCUT2D eigenvalue weighted by Gasteiger charge is -2.12. The normalized spacial score (nSPS) is 12.3. The zero-order valence-corrected chi connectivity index (χ0v) is 11.4. The maximum absolute atomic E-state index is 5.24. The van der Waals surface area contributed by atoms with E-state index in [0.29, 0.717) is 0 Å². The van der Waals surface area contributed by atoms with Crippen LogP contribution in [0.25, 0.3) is 0 Å². The van der Waals surface area contributed by atoms with Crippen LogP contribution in [-0.2, 0) is 7.05 Å². The molecule has 1 N–H and O–H groups in total. The van der Waals surface area contributed by atoms with Crippen LogP contribution in [0.15, 0.2) is 17.7 Å². The minimum Gasteiger partial charge on any atom is -0.481 e. The summed E-state index contributed by atoms with van der Waals surface area (Å²) in [4.78, 5) is 0. The first kappa shape index (κ1) is 13.8. The summed E-state index contributed by atoms with van der Waals surface area (Å²) >= 11 is 0. The van der Waals surface area contributed by atoms with E-state index >= 15 is 0 Å². The second-order valence-corrected chi connectivity index (χ2v) is 4.41. The standard InChI is InChI=1S/C13H23N3O/c1-6-7-14-11(8-10(2)3)12-9-13(17-5)16(4)15-12/h8-9,11,14H,6-7H2,1-5H3. The summed E-state index contributed by atoms with van der Waals surface area (Å²) in [6, 6.07) is 2.14. The van der Waals surface area contributed by atoms with E-state index in [1.54, 1.807) is 11.8 Å². The highest BCUT2D eigenvalue weighted by molar-refractivity contribution is 5.23. The van der Waals surface area contributed by atoms with Crippen LogP contribution < -0.4 is 10.1 Å². The van der Waals surface area contributed by atoms with Gasteiger partial charge in [0.1, 0.15) is 0 Å². The molecule has 1 aromatic rings. The molecule has 1 atom stereocenters. The molecule has 96 valence electrons. The van der Waals surface area contributed by atoms with Gasteiger partial charge in [-0.1, -0.05) is 18.6 Å². The summed E-state index contributed by atoms with van der Waals surface area (Å²) in [6.45, 7) is 7.33. The van der Waals surface area contributed by atoms with Crippen LogP contribution in [0.2, 0.25) is 0 Å². The van der Waals surface area contributed by atoms with Crippen molar-refractivity contribution >= 4 is 0 Å². The Kier molecular flexibility index (Phi) is 5.22. The molecular weight excluding hydrogens is 214 g/mol. The first-order valence-electron chi connectivity index (χ1n) is 6.04. The summed E-state index contributed by atoms with van der Waals surface area (Å²) in [6.07, 6.45) is 3.30. The molecule has 1 heterocycles. The average Bonchev–Trinajstić information content (AvgIpc) is 2.65. The van der Waals surface area contributed by atoms with Crippen molar-refractivity contribution in [1.82, 2.24) is 15.1 Å². The summed E-state index contributed by atoms with van der Waals surface area (Å²) in [5.41, 5.74) is 2.28. The number of aryl methyl sites for hydroxylation is 1. The SMILES string of the molecule is CCCNC(C=C(C)C)c1cc(OC)n(C)n1. The van der Waals surface area contributed by atoms with E-state index in [1.807, 2.05) is 13.1 Å². The van der Waals surface area contributed by atoms with Crippen molar-refractivity contribution in [2.75, 3.05) is 13.7 Å². The molecule has 0 aliphatic heterocycles. The first-order chi connectivity index (χ1) is 8.08. The molecule has 0 spiro atoms. The third kappa shape index (κ3) is 3.89. The maximum atomic E-state index is 5.24. The molecule has 0 radical (unpaired) electrons. The van der Waals surface area contributed by atoms with Crippen LogP contribution in [0, 0.1) is 0 Å². The van der Waals surface area contributed by atoms with Gasteiger partial charge < -0.3 is 10.1 Å². The van der Waals surface area contributed by atoms with Gasteiger partial charge in [0, 0.05) is 13.1 Å². The molecule has 1 unspecified atom stereocenters. The van der Waals surface area contributed by atoms with Gasteiger partial charge in [-0.2, -0.15) is 5.10 Å². The smallest absolute Gasteiger partial charge is 0.211 e. The van der Waals surface area contributed by atoms with Crippen LogP contribution in [0.4, 0.5) is 0 Å². The summed E-state index contributed by atoms with van der Waals surface area (Å²) in [5, 5.41) is 7.95. The van der Waals surface area contributed by atoms with Crippen LogP contribution in [0.5, 0.6) is 5.88 Å². The molecule has 0 saturated heterocycles. The topological polar surface area (TPSA) is 39.1 Å². The van der Waals surface area contributed by atoms with Crippen LogP contribution in [0.3, 0.4) is 0 Å². The Morgan fingerprint density at radius 3 is 2.76 bits per heavy atom. The first-order valence-corrected chi connectivity index (χ1v) is 6.04. The van der Waals surface area contributed by atoms with Gasteiger partial charge in [0.2, 0.25) is 5.88 Å². The quantitative estimate of drug-likeness (QED) is 0.772. The van der Waals surface area contributed by atoms with E-state index in [1.165, 1.54) is 5.57 Å². The molecule has 0 aliphatic rings. The molecular formula is C13H23N3O. The van der Waals surface area contributed by atoms with E-state index in [0.717, 1.165) is 24.5 Å². The number of nitrogens with one attached hydrogen (secondary N) is 1. The van der Waals surface area contributed by atoms with Gasteiger partial charge in [-0.3, -0.25) is 0 Å². The minimum absolute atomic E-state index is 0.162. The molecule has 17 heavy (non-hydrogen) atoms. The van der Waals surface area contributed by atoms with Crippen LogP contribution >= 0.6 is 0 Å². The minimum atomic E-state index is 0.162. The third-order valence-electron chi connectivity index (χ3n) is 2.50. The third-order valence-corrected chi connectivity index (χ3v) is 2.50. The molecule has 0 saturated carbocycles. The molecule has 4 heteroatoms. The van der Waals surface area contributed by atoms with Gasteiger partial charge in [-0.15, -0.1) is 0 Å².